The Kier molecular flexibility index (Phi) is 3.73. The molecule has 1 aliphatic heterocycles. The van der Waals surface area contributed by atoms with Crippen LogP contribution in [0, 0.1) is 0 Å². The Morgan fingerprint density at radius 2 is 2.05 bits per heavy atom. The molecule has 0 unspecified atom stereocenters. The Bertz CT molecular complexity index is 463. The first kappa shape index (κ1) is 13.2. The SMILES string of the molecule is Nc1ccc(N2CCN(CC(=O)NC3CC3)CC2)cn1. The molecule has 0 atom stereocenters. The molecule has 0 bridgehead atoms. The van der Waals surface area contributed by atoms with Crippen molar-refractivity contribution in [2.45, 2.75) is 18.9 Å². The van der Waals surface area contributed by atoms with Gasteiger partial charge in [-0.15, -0.1) is 0 Å². The van der Waals surface area contributed by atoms with E-state index in [0.29, 0.717) is 18.4 Å². The van der Waals surface area contributed by atoms with Gasteiger partial charge in [-0.2, -0.15) is 0 Å². The molecule has 6 heteroatoms. The predicted molar refractivity (Wildman–Crippen MR) is 78.5 cm³/mol. The summed E-state index contributed by atoms with van der Waals surface area (Å²) in [6.45, 7) is 4.17. The maximum Gasteiger partial charge on any atom is 0.234 e. The Morgan fingerprint density at radius 1 is 1.30 bits per heavy atom. The summed E-state index contributed by atoms with van der Waals surface area (Å²) in [7, 11) is 0. The monoisotopic (exact) mass is 275 g/mol. The zero-order valence-electron chi connectivity index (χ0n) is 11.6. The van der Waals surface area contributed by atoms with Crippen molar-refractivity contribution in [3.63, 3.8) is 0 Å². The maximum atomic E-state index is 11.8. The van der Waals surface area contributed by atoms with Crippen LogP contribution in [0.5, 0.6) is 0 Å². The highest BCUT2D eigenvalue weighted by molar-refractivity contribution is 5.78. The number of nitrogens with two attached hydrogens (primary N) is 1. The smallest absolute Gasteiger partial charge is 0.234 e. The van der Waals surface area contributed by atoms with Gasteiger partial charge in [0.25, 0.3) is 0 Å². The molecule has 108 valence electrons. The number of nitrogens with one attached hydrogen (secondary N) is 1. The zero-order chi connectivity index (χ0) is 13.9. The van der Waals surface area contributed by atoms with Crippen molar-refractivity contribution in [2.75, 3.05) is 43.4 Å². The Balaban J connectivity index is 1.46. The molecule has 1 saturated carbocycles. The summed E-state index contributed by atoms with van der Waals surface area (Å²) in [5.41, 5.74) is 6.69. The second kappa shape index (κ2) is 5.66. The molecule has 1 saturated heterocycles. The minimum absolute atomic E-state index is 0.162. The van der Waals surface area contributed by atoms with Crippen molar-refractivity contribution < 1.29 is 4.79 Å². The molecule has 1 aliphatic carbocycles. The highest BCUT2D eigenvalue weighted by atomic mass is 16.2. The van der Waals surface area contributed by atoms with Gasteiger partial charge >= 0.3 is 0 Å². The van der Waals surface area contributed by atoms with Crippen molar-refractivity contribution >= 4 is 17.4 Å². The van der Waals surface area contributed by atoms with Crippen molar-refractivity contribution in [3.8, 4) is 0 Å². The Morgan fingerprint density at radius 3 is 2.65 bits per heavy atom. The van der Waals surface area contributed by atoms with E-state index in [2.05, 4.69) is 20.1 Å². The van der Waals surface area contributed by atoms with E-state index in [0.717, 1.165) is 44.7 Å². The highest BCUT2D eigenvalue weighted by Crippen LogP contribution is 2.19. The Hall–Kier alpha value is -1.82. The number of aromatic nitrogens is 1. The molecule has 2 fully saturated rings. The molecule has 20 heavy (non-hydrogen) atoms. The molecule has 6 nitrogen and oxygen atoms in total. The lowest BCUT2D eigenvalue weighted by molar-refractivity contribution is -0.122. The lowest BCUT2D eigenvalue weighted by Crippen LogP contribution is -2.49. The summed E-state index contributed by atoms with van der Waals surface area (Å²) in [6.07, 6.45) is 4.10. The number of nitrogen functional groups attached to an aromatic ring is 1. The van der Waals surface area contributed by atoms with E-state index in [1.165, 1.54) is 0 Å². The first-order chi connectivity index (χ1) is 9.70. The maximum absolute atomic E-state index is 11.8. The normalized spacial score (nSPS) is 19.9. The van der Waals surface area contributed by atoms with Crippen LogP contribution < -0.4 is 16.0 Å². The van der Waals surface area contributed by atoms with E-state index in [1.54, 1.807) is 0 Å². The van der Waals surface area contributed by atoms with Gasteiger partial charge in [0.1, 0.15) is 5.82 Å². The molecule has 0 spiro atoms. The van der Waals surface area contributed by atoms with Crippen LogP contribution in [0.25, 0.3) is 0 Å². The van der Waals surface area contributed by atoms with Gasteiger partial charge in [-0.1, -0.05) is 0 Å². The van der Waals surface area contributed by atoms with Gasteiger partial charge in [0, 0.05) is 32.2 Å². The van der Waals surface area contributed by atoms with Gasteiger partial charge < -0.3 is 16.0 Å². The zero-order valence-corrected chi connectivity index (χ0v) is 11.6. The molecule has 1 aromatic rings. The van der Waals surface area contributed by atoms with Crippen LogP contribution in [0.2, 0.25) is 0 Å². The van der Waals surface area contributed by atoms with Gasteiger partial charge in [-0.3, -0.25) is 9.69 Å². The number of rotatable bonds is 4. The summed E-state index contributed by atoms with van der Waals surface area (Å²) >= 11 is 0. The number of amides is 1. The third kappa shape index (κ3) is 3.39. The van der Waals surface area contributed by atoms with Crippen LogP contribution in [0.1, 0.15) is 12.8 Å². The lowest BCUT2D eigenvalue weighted by Gasteiger charge is -2.35. The van der Waals surface area contributed by atoms with Crippen LogP contribution in [0.15, 0.2) is 18.3 Å². The summed E-state index contributed by atoms with van der Waals surface area (Å²) in [5, 5.41) is 3.03. The summed E-state index contributed by atoms with van der Waals surface area (Å²) in [5.74, 6) is 0.708. The van der Waals surface area contributed by atoms with E-state index in [9.17, 15) is 4.79 Å². The average Bonchev–Trinajstić information content (AvgIpc) is 3.24. The number of hydrogen-bond donors (Lipinski definition) is 2. The average molecular weight is 275 g/mol. The molecule has 1 aromatic heterocycles. The van der Waals surface area contributed by atoms with Gasteiger partial charge in [0.15, 0.2) is 0 Å². The fourth-order valence-corrected chi connectivity index (χ4v) is 2.45. The molecule has 3 rings (SSSR count). The molecule has 2 heterocycles. The quantitative estimate of drug-likeness (QED) is 0.813. The number of piperazine rings is 1. The van der Waals surface area contributed by atoms with Crippen molar-refractivity contribution in [3.05, 3.63) is 18.3 Å². The van der Waals surface area contributed by atoms with Crippen LogP contribution in [0.4, 0.5) is 11.5 Å². The molecule has 1 amide bonds. The second-order valence-corrected chi connectivity index (χ2v) is 5.55. The summed E-state index contributed by atoms with van der Waals surface area (Å²) in [4.78, 5) is 20.4. The van der Waals surface area contributed by atoms with Crippen LogP contribution >= 0.6 is 0 Å². The number of hydrogen-bond acceptors (Lipinski definition) is 5. The number of carbonyl (C=O) groups excluding carboxylic acids is 1. The van der Waals surface area contributed by atoms with E-state index in [4.69, 9.17) is 5.73 Å². The third-order valence-corrected chi connectivity index (χ3v) is 3.82. The molecule has 3 N–H and O–H groups in total. The molecule has 2 aliphatic rings. The number of nitrogens with zero attached hydrogens (tertiary/aromatic N) is 3. The standard InChI is InChI=1S/C14H21N5O/c15-13-4-3-12(9-16-13)19-7-5-18(6-8-19)10-14(20)17-11-1-2-11/h3-4,9,11H,1-2,5-8,10H2,(H2,15,16)(H,17,20). The molecular weight excluding hydrogens is 254 g/mol. The highest BCUT2D eigenvalue weighted by Gasteiger charge is 2.25. The second-order valence-electron chi connectivity index (χ2n) is 5.55. The fraction of sp³-hybridized carbons (Fsp3) is 0.571. The van der Waals surface area contributed by atoms with Gasteiger partial charge in [-0.25, -0.2) is 4.98 Å². The Labute approximate surface area is 118 Å². The lowest BCUT2D eigenvalue weighted by atomic mass is 10.2. The summed E-state index contributed by atoms with van der Waals surface area (Å²) < 4.78 is 0. The van der Waals surface area contributed by atoms with Crippen LogP contribution in [-0.4, -0.2) is 54.6 Å². The molecule has 0 aromatic carbocycles. The number of anilines is 2. The van der Waals surface area contributed by atoms with Gasteiger partial charge in [0.05, 0.1) is 18.4 Å². The number of pyridine rings is 1. The third-order valence-electron chi connectivity index (χ3n) is 3.82. The minimum atomic E-state index is 0.162. The number of carbonyl (C=O) groups is 1. The fourth-order valence-electron chi connectivity index (χ4n) is 2.45. The summed E-state index contributed by atoms with van der Waals surface area (Å²) in [6, 6.07) is 4.27. The minimum Gasteiger partial charge on any atom is -0.384 e. The van der Waals surface area contributed by atoms with E-state index in [-0.39, 0.29) is 5.91 Å². The molecule has 0 radical (unpaired) electrons. The molecular formula is C14H21N5O. The van der Waals surface area contributed by atoms with E-state index < -0.39 is 0 Å². The van der Waals surface area contributed by atoms with E-state index in [1.807, 2.05) is 18.3 Å². The van der Waals surface area contributed by atoms with Crippen molar-refractivity contribution in [2.24, 2.45) is 0 Å². The topological polar surface area (TPSA) is 74.5 Å². The first-order valence-electron chi connectivity index (χ1n) is 7.19. The largest absolute Gasteiger partial charge is 0.384 e. The van der Waals surface area contributed by atoms with Gasteiger partial charge in [0.2, 0.25) is 5.91 Å². The first-order valence-corrected chi connectivity index (χ1v) is 7.19. The predicted octanol–water partition coefficient (Wildman–Crippen LogP) is 0.0644. The van der Waals surface area contributed by atoms with Crippen molar-refractivity contribution in [1.29, 1.82) is 0 Å². The van der Waals surface area contributed by atoms with Crippen LogP contribution in [0.3, 0.4) is 0 Å². The van der Waals surface area contributed by atoms with Gasteiger partial charge in [-0.05, 0) is 25.0 Å². The van der Waals surface area contributed by atoms with Crippen LogP contribution in [-0.2, 0) is 4.79 Å². The van der Waals surface area contributed by atoms with Crippen molar-refractivity contribution in [1.82, 2.24) is 15.2 Å². The van der Waals surface area contributed by atoms with E-state index >= 15 is 0 Å².